The van der Waals surface area contributed by atoms with Crippen LogP contribution in [0.25, 0.3) is 0 Å². The van der Waals surface area contributed by atoms with Gasteiger partial charge in [-0.25, -0.2) is 9.97 Å². The zero-order valence-corrected chi connectivity index (χ0v) is 15.9. The molecule has 0 spiro atoms. The Bertz CT molecular complexity index is 821. The summed E-state index contributed by atoms with van der Waals surface area (Å²) in [4.78, 5) is 35.8. The van der Waals surface area contributed by atoms with Crippen molar-refractivity contribution < 1.29 is 9.59 Å². The molecular weight excluding hydrogens is 366 g/mol. The Morgan fingerprint density at radius 2 is 2.00 bits per heavy atom. The van der Waals surface area contributed by atoms with E-state index < -0.39 is 0 Å². The van der Waals surface area contributed by atoms with Gasteiger partial charge in [0.1, 0.15) is 17.3 Å². The van der Waals surface area contributed by atoms with E-state index in [0.29, 0.717) is 61.5 Å². The molecule has 0 radical (unpaired) electrons. The van der Waals surface area contributed by atoms with Gasteiger partial charge < -0.3 is 15.1 Å². The van der Waals surface area contributed by atoms with Crippen LogP contribution in [0.5, 0.6) is 0 Å². The second kappa shape index (κ2) is 8.81. The number of carbonyl (C=O) groups excluding carboxylic acids is 2. The van der Waals surface area contributed by atoms with Crippen molar-refractivity contribution in [2.75, 3.05) is 37.6 Å². The van der Waals surface area contributed by atoms with E-state index in [-0.39, 0.29) is 5.91 Å². The fourth-order valence-electron chi connectivity index (χ4n) is 2.99. The third-order valence-electron chi connectivity index (χ3n) is 4.43. The van der Waals surface area contributed by atoms with Crippen LogP contribution in [0.3, 0.4) is 0 Å². The Morgan fingerprint density at radius 3 is 2.70 bits per heavy atom. The number of aromatic nitrogens is 2. The van der Waals surface area contributed by atoms with Crippen molar-refractivity contribution in [1.29, 1.82) is 0 Å². The van der Waals surface area contributed by atoms with Crippen molar-refractivity contribution in [2.45, 2.75) is 13.3 Å². The van der Waals surface area contributed by atoms with E-state index in [1.807, 2.05) is 24.3 Å². The van der Waals surface area contributed by atoms with E-state index in [2.05, 4.69) is 20.2 Å². The summed E-state index contributed by atoms with van der Waals surface area (Å²) in [5, 5.41) is 3.58. The highest BCUT2D eigenvalue weighted by molar-refractivity contribution is 6.30. The first-order valence-electron chi connectivity index (χ1n) is 8.88. The largest absolute Gasteiger partial charge is 0.353 e. The van der Waals surface area contributed by atoms with E-state index in [4.69, 9.17) is 11.6 Å². The Hall–Kier alpha value is -2.67. The molecule has 1 aromatic heterocycles. The van der Waals surface area contributed by atoms with Crippen molar-refractivity contribution in [1.82, 2.24) is 20.2 Å². The molecule has 0 saturated carbocycles. The fourth-order valence-corrected chi connectivity index (χ4v) is 3.20. The summed E-state index contributed by atoms with van der Waals surface area (Å²) in [6.45, 7) is 4.93. The number of carbonyl (C=O) groups is 2. The predicted molar refractivity (Wildman–Crippen MR) is 104 cm³/mol. The molecule has 0 bridgehead atoms. The molecule has 1 fully saturated rings. The topological polar surface area (TPSA) is 78.4 Å². The number of hydrogen-bond donors (Lipinski definition) is 1. The number of benzene rings is 1. The molecule has 142 valence electrons. The van der Waals surface area contributed by atoms with Crippen LogP contribution in [0.1, 0.15) is 21.9 Å². The SMILES string of the molecule is Cc1nc(C(=O)NCCc2cccc(Cl)c2)cc(N2CCN(C=O)CC2)n1. The Morgan fingerprint density at radius 1 is 1.22 bits per heavy atom. The van der Waals surface area contributed by atoms with E-state index >= 15 is 0 Å². The minimum atomic E-state index is -0.227. The first-order valence-corrected chi connectivity index (χ1v) is 9.25. The van der Waals surface area contributed by atoms with Crippen molar-refractivity contribution >= 4 is 29.7 Å². The van der Waals surface area contributed by atoms with Gasteiger partial charge in [-0.1, -0.05) is 23.7 Å². The summed E-state index contributed by atoms with van der Waals surface area (Å²) in [5.41, 5.74) is 1.41. The van der Waals surface area contributed by atoms with Crippen LogP contribution in [0, 0.1) is 6.92 Å². The van der Waals surface area contributed by atoms with Crippen molar-refractivity contribution in [3.8, 4) is 0 Å². The molecule has 2 amide bonds. The van der Waals surface area contributed by atoms with E-state index in [0.717, 1.165) is 12.0 Å². The van der Waals surface area contributed by atoms with Gasteiger partial charge in [0.15, 0.2) is 0 Å². The van der Waals surface area contributed by atoms with Gasteiger partial charge in [0, 0.05) is 43.8 Å². The summed E-state index contributed by atoms with van der Waals surface area (Å²) in [6, 6.07) is 9.29. The zero-order chi connectivity index (χ0) is 19.2. The lowest BCUT2D eigenvalue weighted by Gasteiger charge is -2.33. The van der Waals surface area contributed by atoms with Gasteiger partial charge in [-0.2, -0.15) is 0 Å². The molecular formula is C19H22ClN5O2. The second-order valence-corrected chi connectivity index (χ2v) is 6.86. The molecule has 3 rings (SSSR count). The average Bonchev–Trinajstić information content (AvgIpc) is 2.67. The number of anilines is 1. The molecule has 2 aromatic rings. The Balaban J connectivity index is 1.61. The number of rotatable bonds is 6. The second-order valence-electron chi connectivity index (χ2n) is 6.42. The summed E-state index contributed by atoms with van der Waals surface area (Å²) in [7, 11) is 0. The average molecular weight is 388 g/mol. The molecule has 1 aliphatic rings. The number of amides is 2. The zero-order valence-electron chi connectivity index (χ0n) is 15.2. The lowest BCUT2D eigenvalue weighted by Crippen LogP contribution is -2.46. The molecule has 0 aliphatic carbocycles. The lowest BCUT2D eigenvalue weighted by molar-refractivity contribution is -0.118. The van der Waals surface area contributed by atoms with Gasteiger partial charge in [0.2, 0.25) is 6.41 Å². The summed E-state index contributed by atoms with van der Waals surface area (Å²) in [5.74, 6) is 1.04. The molecule has 1 aromatic carbocycles. The minimum absolute atomic E-state index is 0.227. The molecule has 1 saturated heterocycles. The standard InChI is InChI=1S/C19H22ClN5O2/c1-14-22-17(12-18(23-14)25-9-7-24(13-26)8-10-25)19(27)21-6-5-15-3-2-4-16(20)11-15/h2-4,11-13H,5-10H2,1H3,(H,21,27). The maximum absolute atomic E-state index is 12.5. The van der Waals surface area contributed by atoms with Gasteiger partial charge in [-0.05, 0) is 31.0 Å². The molecule has 0 unspecified atom stereocenters. The lowest BCUT2D eigenvalue weighted by atomic mass is 10.1. The summed E-state index contributed by atoms with van der Waals surface area (Å²) < 4.78 is 0. The Labute approximate surface area is 163 Å². The van der Waals surface area contributed by atoms with Crippen LogP contribution in [0.4, 0.5) is 5.82 Å². The van der Waals surface area contributed by atoms with Gasteiger partial charge >= 0.3 is 0 Å². The van der Waals surface area contributed by atoms with Crippen LogP contribution >= 0.6 is 11.6 Å². The van der Waals surface area contributed by atoms with Crippen molar-refractivity contribution in [2.24, 2.45) is 0 Å². The van der Waals surface area contributed by atoms with Gasteiger partial charge in [0.05, 0.1) is 0 Å². The van der Waals surface area contributed by atoms with Crippen molar-refractivity contribution in [3.63, 3.8) is 0 Å². The fraction of sp³-hybridized carbons (Fsp3) is 0.368. The van der Waals surface area contributed by atoms with Crippen LogP contribution in [0.15, 0.2) is 30.3 Å². The number of nitrogens with zero attached hydrogens (tertiary/aromatic N) is 4. The molecule has 1 N–H and O–H groups in total. The first kappa shape index (κ1) is 19.1. The smallest absolute Gasteiger partial charge is 0.270 e. The summed E-state index contributed by atoms with van der Waals surface area (Å²) >= 11 is 5.98. The van der Waals surface area contributed by atoms with Gasteiger partial charge in [0.25, 0.3) is 5.91 Å². The number of nitrogens with one attached hydrogen (secondary N) is 1. The monoisotopic (exact) mass is 387 g/mol. The van der Waals surface area contributed by atoms with Crippen LogP contribution < -0.4 is 10.2 Å². The Kier molecular flexibility index (Phi) is 6.24. The number of aryl methyl sites for hydroxylation is 1. The molecule has 0 atom stereocenters. The number of piperazine rings is 1. The third-order valence-corrected chi connectivity index (χ3v) is 4.67. The van der Waals surface area contributed by atoms with Crippen LogP contribution in [0.2, 0.25) is 5.02 Å². The molecule has 8 heteroatoms. The minimum Gasteiger partial charge on any atom is -0.353 e. The molecule has 7 nitrogen and oxygen atoms in total. The molecule has 27 heavy (non-hydrogen) atoms. The van der Waals surface area contributed by atoms with Gasteiger partial charge in [-0.3, -0.25) is 9.59 Å². The number of halogens is 1. The van der Waals surface area contributed by atoms with E-state index in [1.165, 1.54) is 0 Å². The highest BCUT2D eigenvalue weighted by Crippen LogP contribution is 2.15. The van der Waals surface area contributed by atoms with Crippen LogP contribution in [-0.2, 0) is 11.2 Å². The predicted octanol–water partition coefficient (Wildman–Crippen LogP) is 1.69. The van der Waals surface area contributed by atoms with E-state index in [9.17, 15) is 9.59 Å². The van der Waals surface area contributed by atoms with E-state index in [1.54, 1.807) is 17.9 Å². The normalized spacial score (nSPS) is 14.1. The quantitative estimate of drug-likeness (QED) is 0.763. The molecule has 2 heterocycles. The van der Waals surface area contributed by atoms with Crippen molar-refractivity contribution in [3.05, 3.63) is 52.4 Å². The first-order chi connectivity index (χ1) is 13.0. The highest BCUT2D eigenvalue weighted by atomic mass is 35.5. The van der Waals surface area contributed by atoms with Gasteiger partial charge in [-0.15, -0.1) is 0 Å². The van der Waals surface area contributed by atoms with Crippen LogP contribution in [-0.4, -0.2) is 59.9 Å². The maximum atomic E-state index is 12.5. The maximum Gasteiger partial charge on any atom is 0.270 e. The number of hydrogen-bond acceptors (Lipinski definition) is 5. The third kappa shape index (κ3) is 5.17. The molecule has 1 aliphatic heterocycles. The summed E-state index contributed by atoms with van der Waals surface area (Å²) in [6.07, 6.45) is 1.55. The highest BCUT2D eigenvalue weighted by Gasteiger charge is 2.19.